The molecule has 1 heterocycles. The van der Waals surface area contributed by atoms with Crippen molar-refractivity contribution in [3.8, 4) is 23.0 Å². The second-order valence-corrected chi connectivity index (χ2v) is 6.96. The maximum absolute atomic E-state index is 12.3. The Labute approximate surface area is 178 Å². The molecule has 3 rings (SSSR count). The minimum absolute atomic E-state index is 0.256. The van der Waals surface area contributed by atoms with Crippen LogP contribution in [0.4, 0.5) is 0 Å². The van der Waals surface area contributed by atoms with Gasteiger partial charge in [0.2, 0.25) is 0 Å². The highest BCUT2D eigenvalue weighted by Crippen LogP contribution is 2.31. The van der Waals surface area contributed by atoms with Crippen LogP contribution in [0, 0.1) is 0 Å². The van der Waals surface area contributed by atoms with Crippen molar-refractivity contribution in [3.63, 3.8) is 0 Å². The molecule has 2 aromatic carbocycles. The first-order valence-corrected chi connectivity index (χ1v) is 9.65. The minimum atomic E-state index is -0.256. The average Bonchev–Trinajstić information content (AvgIpc) is 3.12. The molecule has 0 aliphatic carbocycles. The summed E-state index contributed by atoms with van der Waals surface area (Å²) in [7, 11) is 6.29. The lowest BCUT2D eigenvalue weighted by atomic mass is 10.1. The van der Waals surface area contributed by atoms with E-state index in [1.165, 1.54) is 11.8 Å². The summed E-state index contributed by atoms with van der Waals surface area (Å²) in [6, 6.07) is 10.7. The van der Waals surface area contributed by atoms with Crippen LogP contribution in [0.25, 0.3) is 6.08 Å². The molecule has 1 amide bonds. The van der Waals surface area contributed by atoms with E-state index < -0.39 is 0 Å². The smallest absolute Gasteiger partial charge is 0.264 e. The third-order valence-corrected chi connectivity index (χ3v) is 5.06. The molecular formula is C21H21N3O5S. The molecule has 1 saturated heterocycles. The van der Waals surface area contributed by atoms with E-state index in [0.29, 0.717) is 33.1 Å². The summed E-state index contributed by atoms with van der Waals surface area (Å²) in [6.07, 6.45) is 3.28. The van der Waals surface area contributed by atoms with Crippen molar-refractivity contribution in [3.05, 3.63) is 52.4 Å². The number of thioether (sulfide) groups is 1. The van der Waals surface area contributed by atoms with Crippen LogP contribution in [0.5, 0.6) is 23.0 Å². The molecule has 156 valence electrons. The topological polar surface area (TPSA) is 90.7 Å². The van der Waals surface area contributed by atoms with Crippen LogP contribution in [0.1, 0.15) is 11.1 Å². The van der Waals surface area contributed by atoms with Crippen molar-refractivity contribution in [1.82, 2.24) is 5.32 Å². The highest BCUT2D eigenvalue weighted by Gasteiger charge is 2.24. The maximum Gasteiger partial charge on any atom is 0.264 e. The predicted molar refractivity (Wildman–Crippen MR) is 118 cm³/mol. The molecule has 0 bridgehead atoms. The molecule has 0 radical (unpaired) electrons. The van der Waals surface area contributed by atoms with Crippen molar-refractivity contribution < 1.29 is 23.7 Å². The number of carbonyl (C=O) groups excluding carboxylic acids is 1. The molecular weight excluding hydrogens is 406 g/mol. The number of benzene rings is 2. The van der Waals surface area contributed by atoms with E-state index in [4.69, 9.17) is 18.9 Å². The van der Waals surface area contributed by atoms with Crippen LogP contribution in [-0.4, -0.2) is 45.7 Å². The van der Waals surface area contributed by atoms with Crippen molar-refractivity contribution in [2.75, 3.05) is 28.4 Å². The highest BCUT2D eigenvalue weighted by molar-refractivity contribution is 8.18. The van der Waals surface area contributed by atoms with E-state index in [1.54, 1.807) is 65.0 Å². The molecule has 0 aromatic heterocycles. The number of ether oxygens (including phenoxy) is 4. The number of carbonyl (C=O) groups is 1. The Kier molecular flexibility index (Phi) is 6.97. The summed E-state index contributed by atoms with van der Waals surface area (Å²) in [5.74, 6) is 2.30. The van der Waals surface area contributed by atoms with Crippen LogP contribution < -0.4 is 24.3 Å². The van der Waals surface area contributed by atoms with Gasteiger partial charge in [-0.25, -0.2) is 0 Å². The standard InChI is InChI=1S/C21H21N3O5S/c1-26-15-7-5-13(17(10-15)28-3)9-19-20(25)23-21(30-19)24-22-12-14-6-8-16(27-2)11-18(14)29-4/h5-12H,1-4H3,(H,23,24,25). The molecule has 8 nitrogen and oxygen atoms in total. The predicted octanol–water partition coefficient (Wildman–Crippen LogP) is 3.32. The second kappa shape index (κ2) is 9.84. The quantitative estimate of drug-likeness (QED) is 0.414. The van der Waals surface area contributed by atoms with Gasteiger partial charge in [0, 0.05) is 23.3 Å². The SMILES string of the molecule is COc1ccc(C=N/N=C2/NC(=O)C(=Cc3ccc(OC)cc3OC)S2)c(OC)c1. The fraction of sp³-hybridized carbons (Fsp3) is 0.190. The molecule has 0 unspecified atom stereocenters. The molecule has 1 aliphatic heterocycles. The van der Waals surface area contributed by atoms with Crippen molar-refractivity contribution >= 4 is 35.1 Å². The van der Waals surface area contributed by atoms with E-state index in [-0.39, 0.29) is 5.91 Å². The van der Waals surface area contributed by atoms with Gasteiger partial charge in [-0.15, -0.1) is 5.10 Å². The van der Waals surface area contributed by atoms with Crippen molar-refractivity contribution in [2.45, 2.75) is 0 Å². The Balaban J connectivity index is 1.77. The van der Waals surface area contributed by atoms with E-state index in [9.17, 15) is 4.79 Å². The number of hydrogen-bond donors (Lipinski definition) is 1. The molecule has 9 heteroatoms. The number of amides is 1. The van der Waals surface area contributed by atoms with Gasteiger partial charge in [-0.1, -0.05) is 0 Å². The minimum Gasteiger partial charge on any atom is -0.497 e. The number of hydrogen-bond acceptors (Lipinski definition) is 8. The molecule has 0 saturated carbocycles. The fourth-order valence-corrected chi connectivity index (χ4v) is 3.39. The van der Waals surface area contributed by atoms with Crippen LogP contribution in [0.3, 0.4) is 0 Å². The summed E-state index contributed by atoms with van der Waals surface area (Å²) in [5.41, 5.74) is 1.49. The number of methoxy groups -OCH3 is 4. The monoisotopic (exact) mass is 427 g/mol. The molecule has 1 N–H and O–H groups in total. The van der Waals surface area contributed by atoms with Crippen LogP contribution in [0.2, 0.25) is 0 Å². The molecule has 1 fully saturated rings. The zero-order valence-electron chi connectivity index (χ0n) is 17.0. The largest absolute Gasteiger partial charge is 0.497 e. The summed E-state index contributed by atoms with van der Waals surface area (Å²) in [6.45, 7) is 0. The average molecular weight is 427 g/mol. The Bertz CT molecular complexity index is 1030. The van der Waals surface area contributed by atoms with Gasteiger partial charge in [0.15, 0.2) is 5.17 Å². The van der Waals surface area contributed by atoms with Gasteiger partial charge in [0.05, 0.1) is 39.6 Å². The number of rotatable bonds is 7. The van der Waals surface area contributed by atoms with Crippen molar-refractivity contribution in [1.29, 1.82) is 0 Å². The van der Waals surface area contributed by atoms with E-state index in [0.717, 1.165) is 11.1 Å². The Morgan fingerprint density at radius 2 is 1.47 bits per heavy atom. The summed E-state index contributed by atoms with van der Waals surface area (Å²) in [5, 5.41) is 11.2. The lowest BCUT2D eigenvalue weighted by molar-refractivity contribution is -0.115. The zero-order chi connectivity index (χ0) is 21.5. The van der Waals surface area contributed by atoms with Gasteiger partial charge < -0.3 is 18.9 Å². The Hall–Kier alpha value is -3.46. The van der Waals surface area contributed by atoms with E-state index >= 15 is 0 Å². The normalized spacial score (nSPS) is 16.2. The first-order chi connectivity index (χ1) is 14.6. The third-order valence-electron chi connectivity index (χ3n) is 4.16. The van der Waals surface area contributed by atoms with Crippen LogP contribution in [0.15, 0.2) is 51.5 Å². The van der Waals surface area contributed by atoms with Crippen molar-refractivity contribution in [2.24, 2.45) is 10.2 Å². The first-order valence-electron chi connectivity index (χ1n) is 8.84. The molecule has 0 atom stereocenters. The summed E-state index contributed by atoms with van der Waals surface area (Å²) < 4.78 is 21.1. The van der Waals surface area contributed by atoms with E-state index in [1.807, 2.05) is 12.1 Å². The van der Waals surface area contributed by atoms with Gasteiger partial charge in [-0.05, 0) is 42.1 Å². The molecule has 2 aromatic rings. The molecule has 0 spiro atoms. The van der Waals surface area contributed by atoms with Gasteiger partial charge >= 0.3 is 0 Å². The number of nitrogens with one attached hydrogen (secondary N) is 1. The summed E-state index contributed by atoms with van der Waals surface area (Å²) >= 11 is 1.19. The van der Waals surface area contributed by atoms with Gasteiger partial charge in [-0.3, -0.25) is 10.1 Å². The second-order valence-electron chi connectivity index (χ2n) is 5.93. The first kappa shape index (κ1) is 21.3. The number of nitrogens with zero attached hydrogens (tertiary/aromatic N) is 2. The molecule has 1 aliphatic rings. The summed E-state index contributed by atoms with van der Waals surface area (Å²) in [4.78, 5) is 12.8. The zero-order valence-corrected chi connectivity index (χ0v) is 17.8. The van der Waals surface area contributed by atoms with E-state index in [2.05, 4.69) is 15.5 Å². The van der Waals surface area contributed by atoms with Gasteiger partial charge in [0.1, 0.15) is 23.0 Å². The van der Waals surface area contributed by atoms with Gasteiger partial charge in [0.25, 0.3) is 5.91 Å². The van der Waals surface area contributed by atoms with Crippen LogP contribution in [-0.2, 0) is 4.79 Å². The number of amidine groups is 1. The molecule has 30 heavy (non-hydrogen) atoms. The Morgan fingerprint density at radius 3 is 2.07 bits per heavy atom. The maximum atomic E-state index is 12.3. The Morgan fingerprint density at radius 1 is 0.867 bits per heavy atom. The lowest BCUT2D eigenvalue weighted by Gasteiger charge is -2.07. The lowest BCUT2D eigenvalue weighted by Crippen LogP contribution is -2.19. The van der Waals surface area contributed by atoms with Gasteiger partial charge in [-0.2, -0.15) is 5.10 Å². The van der Waals surface area contributed by atoms with Crippen LogP contribution >= 0.6 is 11.8 Å². The third kappa shape index (κ3) is 4.93. The highest BCUT2D eigenvalue weighted by atomic mass is 32.2. The fourth-order valence-electron chi connectivity index (χ4n) is 2.62.